The maximum Gasteiger partial charge on any atom is 0.267 e. The van der Waals surface area contributed by atoms with Gasteiger partial charge in [-0.15, -0.1) is 0 Å². The summed E-state index contributed by atoms with van der Waals surface area (Å²) in [6.45, 7) is 6.13. The van der Waals surface area contributed by atoms with Crippen LogP contribution in [-0.2, 0) is 4.74 Å². The molecule has 0 aliphatic carbocycles. The summed E-state index contributed by atoms with van der Waals surface area (Å²) >= 11 is 5.95. The molecule has 8 nitrogen and oxygen atoms in total. The summed E-state index contributed by atoms with van der Waals surface area (Å²) in [7, 11) is 0. The highest BCUT2D eigenvalue weighted by molar-refractivity contribution is 6.30. The summed E-state index contributed by atoms with van der Waals surface area (Å²) in [5, 5.41) is 7.52. The molecule has 1 amide bonds. The Morgan fingerprint density at radius 2 is 1.97 bits per heavy atom. The molecule has 0 saturated carbocycles. The van der Waals surface area contributed by atoms with Crippen LogP contribution in [0.4, 0.5) is 0 Å². The Balaban J connectivity index is 1.44. The highest BCUT2D eigenvalue weighted by atomic mass is 35.5. The monoisotopic (exact) mass is 442 g/mol. The van der Waals surface area contributed by atoms with Gasteiger partial charge in [0, 0.05) is 48.5 Å². The number of carbonyl (C=O) groups excluding carboxylic acids is 2. The molecule has 31 heavy (non-hydrogen) atoms. The third kappa shape index (κ3) is 4.87. The van der Waals surface area contributed by atoms with Crippen LogP contribution in [0.25, 0.3) is 11.3 Å². The Morgan fingerprint density at radius 1 is 1.23 bits per heavy atom. The minimum atomic E-state index is -0.271. The molecule has 1 fully saturated rings. The van der Waals surface area contributed by atoms with E-state index in [-0.39, 0.29) is 11.7 Å². The van der Waals surface area contributed by atoms with E-state index in [2.05, 4.69) is 20.4 Å². The molecule has 0 spiro atoms. The molecule has 162 valence electrons. The van der Waals surface area contributed by atoms with E-state index in [1.807, 2.05) is 0 Å². The lowest BCUT2D eigenvalue weighted by Gasteiger charge is -2.26. The molecule has 0 unspecified atom stereocenters. The van der Waals surface area contributed by atoms with Gasteiger partial charge in [-0.05, 0) is 25.1 Å². The van der Waals surface area contributed by atoms with Crippen LogP contribution in [0.15, 0.2) is 41.1 Å². The first-order chi connectivity index (χ1) is 15.0. The number of morpholine rings is 1. The molecule has 1 aliphatic heterocycles. The predicted octanol–water partition coefficient (Wildman–Crippen LogP) is 2.92. The maximum absolute atomic E-state index is 13.1. The van der Waals surface area contributed by atoms with Crippen molar-refractivity contribution in [3.63, 3.8) is 0 Å². The van der Waals surface area contributed by atoms with Crippen LogP contribution in [-0.4, -0.2) is 66.1 Å². The zero-order valence-electron chi connectivity index (χ0n) is 17.1. The average molecular weight is 443 g/mol. The van der Waals surface area contributed by atoms with Gasteiger partial charge in [0.1, 0.15) is 17.1 Å². The largest absolute Gasteiger partial charge is 0.379 e. The van der Waals surface area contributed by atoms with Gasteiger partial charge >= 0.3 is 0 Å². The van der Waals surface area contributed by atoms with Gasteiger partial charge in [-0.2, -0.15) is 0 Å². The molecule has 4 rings (SSSR count). The number of H-pyrrole nitrogens is 1. The normalized spacial score (nSPS) is 14.5. The van der Waals surface area contributed by atoms with Gasteiger partial charge in [0.2, 0.25) is 0 Å². The van der Waals surface area contributed by atoms with Crippen molar-refractivity contribution in [2.24, 2.45) is 0 Å². The number of ether oxygens (including phenoxy) is 1. The molecular formula is C22H23ClN4O4. The molecule has 0 atom stereocenters. The summed E-state index contributed by atoms with van der Waals surface area (Å²) in [6.07, 6.45) is 1.53. The molecule has 0 radical (unpaired) electrons. The summed E-state index contributed by atoms with van der Waals surface area (Å²) in [5.41, 5.74) is 2.21. The van der Waals surface area contributed by atoms with Gasteiger partial charge in [-0.3, -0.25) is 14.5 Å². The fourth-order valence-electron chi connectivity index (χ4n) is 3.49. The third-order valence-corrected chi connectivity index (χ3v) is 5.47. The molecule has 2 aromatic heterocycles. The van der Waals surface area contributed by atoms with Gasteiger partial charge in [-0.25, -0.2) is 0 Å². The number of hydrogen-bond donors (Lipinski definition) is 2. The van der Waals surface area contributed by atoms with Crippen molar-refractivity contribution in [2.75, 3.05) is 39.4 Å². The molecule has 1 aliphatic rings. The summed E-state index contributed by atoms with van der Waals surface area (Å²) in [4.78, 5) is 30.7. The van der Waals surface area contributed by atoms with Crippen LogP contribution in [0.2, 0.25) is 5.02 Å². The van der Waals surface area contributed by atoms with Crippen LogP contribution >= 0.6 is 11.6 Å². The number of rotatable bonds is 7. The Kier molecular flexibility index (Phi) is 6.50. The second-order valence-electron chi connectivity index (χ2n) is 7.31. The minimum absolute atomic E-state index is 0.257. The van der Waals surface area contributed by atoms with E-state index in [9.17, 15) is 9.59 Å². The number of aromatic nitrogens is 2. The Hall–Kier alpha value is -2.94. The van der Waals surface area contributed by atoms with Gasteiger partial charge in [0.25, 0.3) is 5.91 Å². The van der Waals surface area contributed by atoms with Crippen molar-refractivity contribution in [2.45, 2.75) is 6.92 Å². The van der Waals surface area contributed by atoms with E-state index in [0.717, 1.165) is 38.4 Å². The van der Waals surface area contributed by atoms with Crippen LogP contribution in [0.3, 0.4) is 0 Å². The molecule has 1 saturated heterocycles. The first kappa shape index (κ1) is 21.3. The SMILES string of the molecule is Cc1onc(-c2ccc(Cl)cc2)c1C(=O)c1c[nH]c(C(=O)NCCN2CCOCC2)c1. The Labute approximate surface area is 184 Å². The smallest absolute Gasteiger partial charge is 0.267 e. The van der Waals surface area contributed by atoms with Crippen molar-refractivity contribution in [1.82, 2.24) is 20.4 Å². The number of ketones is 1. The van der Waals surface area contributed by atoms with Crippen molar-refractivity contribution in [1.29, 1.82) is 0 Å². The molecule has 3 aromatic rings. The number of aromatic amines is 1. The van der Waals surface area contributed by atoms with Crippen molar-refractivity contribution < 1.29 is 18.8 Å². The van der Waals surface area contributed by atoms with Gasteiger partial charge in [0.15, 0.2) is 5.78 Å². The van der Waals surface area contributed by atoms with E-state index in [0.29, 0.717) is 39.8 Å². The zero-order chi connectivity index (χ0) is 21.8. The molecular weight excluding hydrogens is 420 g/mol. The first-order valence-corrected chi connectivity index (χ1v) is 10.4. The standard InChI is InChI=1S/C22H23ClN4O4/c1-14-19(20(26-31-14)15-2-4-17(23)5-3-15)21(28)16-12-18(25-13-16)22(29)24-6-7-27-8-10-30-11-9-27/h2-5,12-13,25H,6-11H2,1H3,(H,24,29). The second kappa shape index (κ2) is 9.47. The fraction of sp³-hybridized carbons (Fsp3) is 0.318. The van der Waals surface area contributed by atoms with Gasteiger partial charge in [-0.1, -0.05) is 28.9 Å². The van der Waals surface area contributed by atoms with Gasteiger partial charge < -0.3 is 19.6 Å². The number of carbonyl (C=O) groups is 2. The molecule has 1 aromatic carbocycles. The quantitative estimate of drug-likeness (QED) is 0.546. The van der Waals surface area contributed by atoms with Crippen LogP contribution in [0.5, 0.6) is 0 Å². The third-order valence-electron chi connectivity index (χ3n) is 5.21. The zero-order valence-corrected chi connectivity index (χ0v) is 17.9. The summed E-state index contributed by atoms with van der Waals surface area (Å²) < 4.78 is 10.6. The molecule has 2 N–H and O–H groups in total. The van der Waals surface area contributed by atoms with Crippen molar-refractivity contribution in [3.8, 4) is 11.3 Å². The van der Waals surface area contributed by atoms with E-state index in [4.69, 9.17) is 20.9 Å². The highest BCUT2D eigenvalue weighted by Crippen LogP contribution is 2.28. The average Bonchev–Trinajstić information content (AvgIpc) is 3.42. The lowest BCUT2D eigenvalue weighted by atomic mass is 9.99. The predicted molar refractivity (Wildman–Crippen MR) is 116 cm³/mol. The highest BCUT2D eigenvalue weighted by Gasteiger charge is 2.24. The molecule has 9 heteroatoms. The lowest BCUT2D eigenvalue weighted by Crippen LogP contribution is -2.41. The fourth-order valence-corrected chi connectivity index (χ4v) is 3.62. The number of amides is 1. The van der Waals surface area contributed by atoms with Gasteiger partial charge in [0.05, 0.1) is 18.8 Å². The van der Waals surface area contributed by atoms with E-state index in [1.165, 1.54) is 6.20 Å². The Bertz CT molecular complexity index is 1070. The summed E-state index contributed by atoms with van der Waals surface area (Å²) in [5.74, 6) is -0.118. The second-order valence-corrected chi connectivity index (χ2v) is 7.75. The number of halogens is 1. The first-order valence-electron chi connectivity index (χ1n) is 10.1. The number of nitrogens with one attached hydrogen (secondary N) is 2. The van der Waals surface area contributed by atoms with Crippen molar-refractivity contribution in [3.05, 3.63) is 64.1 Å². The van der Waals surface area contributed by atoms with E-state index >= 15 is 0 Å². The van der Waals surface area contributed by atoms with E-state index in [1.54, 1.807) is 37.3 Å². The number of nitrogens with zero attached hydrogens (tertiary/aromatic N) is 2. The topological polar surface area (TPSA) is 100 Å². The maximum atomic E-state index is 13.1. The number of aryl methyl sites for hydroxylation is 1. The number of hydrogen-bond acceptors (Lipinski definition) is 6. The lowest BCUT2D eigenvalue weighted by molar-refractivity contribution is 0.0383. The minimum Gasteiger partial charge on any atom is -0.379 e. The van der Waals surface area contributed by atoms with Crippen LogP contribution < -0.4 is 5.32 Å². The molecule has 0 bridgehead atoms. The molecule has 3 heterocycles. The van der Waals surface area contributed by atoms with Crippen molar-refractivity contribution >= 4 is 23.3 Å². The van der Waals surface area contributed by atoms with E-state index < -0.39 is 0 Å². The van der Waals surface area contributed by atoms with Crippen LogP contribution in [0, 0.1) is 6.92 Å². The van der Waals surface area contributed by atoms with Crippen LogP contribution in [0.1, 0.15) is 32.2 Å². The Morgan fingerprint density at radius 3 is 2.71 bits per heavy atom. The summed E-state index contributed by atoms with van der Waals surface area (Å²) in [6, 6.07) is 8.56. The number of benzene rings is 1.